The number of hydrogen-bond acceptors (Lipinski definition) is 7. The highest BCUT2D eigenvalue weighted by Gasteiger charge is 2.37. The molecule has 4 rings (SSSR count). The number of anilines is 1. The summed E-state index contributed by atoms with van der Waals surface area (Å²) in [5, 5.41) is 2.13. The van der Waals surface area contributed by atoms with Gasteiger partial charge in [-0.15, -0.1) is 0 Å². The number of imide groups is 2. The Hall–Kier alpha value is -4.53. The van der Waals surface area contributed by atoms with Gasteiger partial charge in [-0.1, -0.05) is 18.2 Å². The van der Waals surface area contributed by atoms with Crippen molar-refractivity contribution in [2.45, 2.75) is 0 Å². The number of barbiturate groups is 1. The van der Waals surface area contributed by atoms with Crippen molar-refractivity contribution in [3.63, 3.8) is 0 Å². The first-order chi connectivity index (χ1) is 15.0. The molecule has 1 aromatic carbocycles. The molecule has 2 aromatic heterocycles. The van der Waals surface area contributed by atoms with E-state index >= 15 is 0 Å². The summed E-state index contributed by atoms with van der Waals surface area (Å²) in [6.45, 7) is 0. The second kappa shape index (κ2) is 8.07. The van der Waals surface area contributed by atoms with E-state index in [0.717, 1.165) is 4.90 Å². The van der Waals surface area contributed by atoms with E-state index in [9.17, 15) is 19.2 Å². The first-order valence-corrected chi connectivity index (χ1v) is 9.08. The maximum Gasteiger partial charge on any atom is 0.338 e. The number of hydrogen-bond donors (Lipinski definition) is 1. The fourth-order valence-electron chi connectivity index (χ4n) is 3.08. The Kier molecular flexibility index (Phi) is 5.15. The fraction of sp³-hybridized carbons (Fsp3) is 0.0455. The van der Waals surface area contributed by atoms with Gasteiger partial charge < -0.3 is 9.15 Å². The molecule has 154 valence electrons. The molecule has 1 aliphatic rings. The SMILES string of the molecule is COC(=O)c1ccccc1-c1ccc(/C=C2\C(=O)NC(=O)N(c3cccnc3)C2=O)o1. The number of esters is 1. The lowest BCUT2D eigenvalue weighted by Crippen LogP contribution is -2.54. The molecule has 0 radical (unpaired) electrons. The molecule has 0 unspecified atom stereocenters. The first kappa shape index (κ1) is 19.8. The molecule has 0 atom stereocenters. The molecule has 1 N–H and O–H groups in total. The summed E-state index contributed by atoms with van der Waals surface area (Å²) < 4.78 is 10.5. The molecule has 3 heterocycles. The summed E-state index contributed by atoms with van der Waals surface area (Å²) in [5.74, 6) is -1.65. The van der Waals surface area contributed by atoms with E-state index in [4.69, 9.17) is 9.15 Å². The monoisotopic (exact) mass is 417 g/mol. The molecule has 0 aliphatic carbocycles. The average molecular weight is 417 g/mol. The third kappa shape index (κ3) is 3.71. The summed E-state index contributed by atoms with van der Waals surface area (Å²) in [5.41, 5.74) is 0.727. The lowest BCUT2D eigenvalue weighted by molar-refractivity contribution is -0.122. The summed E-state index contributed by atoms with van der Waals surface area (Å²) >= 11 is 0. The van der Waals surface area contributed by atoms with E-state index in [2.05, 4.69) is 10.3 Å². The number of carbonyl (C=O) groups excluding carboxylic acids is 4. The van der Waals surface area contributed by atoms with Crippen LogP contribution in [0.15, 0.2) is 70.9 Å². The van der Waals surface area contributed by atoms with E-state index < -0.39 is 23.8 Å². The number of ether oxygens (including phenoxy) is 1. The average Bonchev–Trinajstić information content (AvgIpc) is 3.25. The van der Waals surface area contributed by atoms with Crippen molar-refractivity contribution in [2.75, 3.05) is 12.0 Å². The molecule has 1 saturated heterocycles. The number of aromatic nitrogens is 1. The zero-order chi connectivity index (χ0) is 22.0. The quantitative estimate of drug-likeness (QED) is 0.394. The van der Waals surface area contributed by atoms with E-state index in [1.165, 1.54) is 31.6 Å². The van der Waals surface area contributed by atoms with Crippen molar-refractivity contribution < 1.29 is 28.3 Å². The molecule has 31 heavy (non-hydrogen) atoms. The highest BCUT2D eigenvalue weighted by Crippen LogP contribution is 2.28. The van der Waals surface area contributed by atoms with E-state index in [1.54, 1.807) is 42.5 Å². The Morgan fingerprint density at radius 1 is 1.10 bits per heavy atom. The predicted molar refractivity (Wildman–Crippen MR) is 109 cm³/mol. The van der Waals surface area contributed by atoms with Crippen LogP contribution in [0.3, 0.4) is 0 Å². The van der Waals surface area contributed by atoms with Crippen molar-refractivity contribution in [2.24, 2.45) is 0 Å². The minimum Gasteiger partial charge on any atom is -0.465 e. The third-order valence-corrected chi connectivity index (χ3v) is 4.52. The molecule has 9 heteroatoms. The molecule has 0 spiro atoms. The number of methoxy groups -OCH3 is 1. The van der Waals surface area contributed by atoms with Crippen LogP contribution < -0.4 is 10.2 Å². The smallest absolute Gasteiger partial charge is 0.338 e. The molecule has 4 amide bonds. The van der Waals surface area contributed by atoms with Gasteiger partial charge in [-0.05, 0) is 36.4 Å². The maximum absolute atomic E-state index is 12.9. The van der Waals surface area contributed by atoms with Gasteiger partial charge >= 0.3 is 12.0 Å². The highest BCUT2D eigenvalue weighted by atomic mass is 16.5. The summed E-state index contributed by atoms with van der Waals surface area (Å²) in [7, 11) is 1.28. The lowest BCUT2D eigenvalue weighted by atomic mass is 10.1. The number of amides is 4. The molecular weight excluding hydrogens is 402 g/mol. The lowest BCUT2D eigenvalue weighted by Gasteiger charge is -2.25. The van der Waals surface area contributed by atoms with Gasteiger partial charge in [0.1, 0.15) is 17.1 Å². The second-order valence-corrected chi connectivity index (χ2v) is 6.41. The van der Waals surface area contributed by atoms with Crippen LogP contribution in [0.5, 0.6) is 0 Å². The zero-order valence-electron chi connectivity index (χ0n) is 16.2. The predicted octanol–water partition coefficient (Wildman–Crippen LogP) is 2.79. The largest absolute Gasteiger partial charge is 0.465 e. The number of rotatable bonds is 4. The van der Waals surface area contributed by atoms with Crippen molar-refractivity contribution in [3.8, 4) is 11.3 Å². The molecule has 3 aromatic rings. The summed E-state index contributed by atoms with van der Waals surface area (Å²) in [6, 6.07) is 12.1. The van der Waals surface area contributed by atoms with Gasteiger partial charge in [0.2, 0.25) is 0 Å². The third-order valence-electron chi connectivity index (χ3n) is 4.52. The van der Waals surface area contributed by atoms with E-state index in [1.807, 2.05) is 0 Å². The van der Waals surface area contributed by atoms with Gasteiger partial charge in [-0.25, -0.2) is 14.5 Å². The van der Waals surface area contributed by atoms with Crippen LogP contribution in [0, 0.1) is 0 Å². The minimum atomic E-state index is -0.868. The van der Waals surface area contributed by atoms with Crippen molar-refractivity contribution in [3.05, 3.63) is 77.8 Å². The molecule has 0 saturated carbocycles. The van der Waals surface area contributed by atoms with Crippen molar-refractivity contribution in [1.82, 2.24) is 10.3 Å². The molecular formula is C22H15N3O6. The maximum atomic E-state index is 12.9. The molecule has 9 nitrogen and oxygen atoms in total. The number of furan rings is 1. The number of pyridine rings is 1. The fourth-order valence-corrected chi connectivity index (χ4v) is 3.08. The number of nitrogens with zero attached hydrogens (tertiary/aromatic N) is 2. The standard InChI is InChI=1S/C22H15N3O6/c1-30-21(28)16-7-3-2-6-15(16)18-9-8-14(31-18)11-17-19(26)24-22(29)25(20(17)27)13-5-4-10-23-12-13/h2-12H,1H3,(H,24,26,29)/b17-11+. The molecule has 1 fully saturated rings. The number of nitrogens with one attached hydrogen (secondary N) is 1. The normalized spacial score (nSPS) is 15.2. The van der Waals surface area contributed by atoms with Crippen LogP contribution in [0.4, 0.5) is 10.5 Å². The number of urea groups is 1. The highest BCUT2D eigenvalue weighted by molar-refractivity contribution is 6.39. The minimum absolute atomic E-state index is 0.189. The van der Waals surface area contributed by atoms with Crippen LogP contribution in [0.1, 0.15) is 16.1 Å². The van der Waals surface area contributed by atoms with E-state index in [0.29, 0.717) is 16.9 Å². The van der Waals surface area contributed by atoms with Gasteiger partial charge in [-0.3, -0.25) is 19.9 Å². The van der Waals surface area contributed by atoms with Crippen molar-refractivity contribution in [1.29, 1.82) is 0 Å². The summed E-state index contributed by atoms with van der Waals surface area (Å²) in [6.07, 6.45) is 4.06. The first-order valence-electron chi connectivity index (χ1n) is 9.08. The number of benzene rings is 1. The van der Waals surface area contributed by atoms with E-state index in [-0.39, 0.29) is 17.0 Å². The van der Waals surface area contributed by atoms with Crippen LogP contribution in [0.2, 0.25) is 0 Å². The van der Waals surface area contributed by atoms with Gasteiger partial charge in [0.15, 0.2) is 0 Å². The Labute approximate surface area is 175 Å². The van der Waals surface area contributed by atoms with Crippen molar-refractivity contribution >= 4 is 35.6 Å². The molecule has 1 aliphatic heterocycles. The number of carbonyl (C=O) groups is 4. The van der Waals surface area contributed by atoms with Crippen LogP contribution in [-0.4, -0.2) is 35.9 Å². The van der Waals surface area contributed by atoms with Gasteiger partial charge in [0.25, 0.3) is 11.8 Å². The Balaban J connectivity index is 1.69. The van der Waals surface area contributed by atoms with Crippen LogP contribution in [-0.2, 0) is 14.3 Å². The van der Waals surface area contributed by atoms with Gasteiger partial charge in [-0.2, -0.15) is 0 Å². The van der Waals surface area contributed by atoms with Crippen LogP contribution in [0.25, 0.3) is 17.4 Å². The zero-order valence-corrected chi connectivity index (χ0v) is 16.2. The Morgan fingerprint density at radius 2 is 1.90 bits per heavy atom. The van der Waals surface area contributed by atoms with Crippen LogP contribution >= 0.6 is 0 Å². The molecule has 0 bridgehead atoms. The Morgan fingerprint density at radius 3 is 2.65 bits per heavy atom. The Bertz CT molecular complexity index is 1230. The topological polar surface area (TPSA) is 119 Å². The summed E-state index contributed by atoms with van der Waals surface area (Å²) in [4.78, 5) is 54.0. The van der Waals surface area contributed by atoms with Gasteiger partial charge in [0, 0.05) is 11.8 Å². The van der Waals surface area contributed by atoms with Gasteiger partial charge in [0.05, 0.1) is 24.6 Å². The second-order valence-electron chi connectivity index (χ2n) is 6.41.